The second-order valence-electron chi connectivity index (χ2n) is 9.73. The van der Waals surface area contributed by atoms with E-state index in [2.05, 4.69) is 51.0 Å². The average molecular weight is 790 g/mol. The van der Waals surface area contributed by atoms with Crippen molar-refractivity contribution in [3.63, 3.8) is 0 Å². The maximum atomic E-state index is 12.8. The van der Waals surface area contributed by atoms with Gasteiger partial charge in [-0.05, 0) is 45.1 Å². The topological polar surface area (TPSA) is 38.4 Å². The van der Waals surface area contributed by atoms with E-state index in [-0.39, 0.29) is 37.2 Å². The maximum absolute atomic E-state index is 12.8. The number of rotatable bonds is 8. The SMILES string of the molecule is C/C(N)=C\C[N+]1(C)CCC=N/C=C(\C)C1c1[c-]cc(C(F)(F)F)cc1.CC.CC.CC/C=C\CCC(C)CC.[U]. The number of allylic oxidation sites excluding steroid dienone is 3. The van der Waals surface area contributed by atoms with Gasteiger partial charge in [-0.1, -0.05) is 72.6 Å². The van der Waals surface area contributed by atoms with Crippen LogP contribution in [-0.4, -0.2) is 30.8 Å². The summed E-state index contributed by atoms with van der Waals surface area (Å²) in [7, 11) is 2.09. The first-order valence-electron chi connectivity index (χ1n) is 14.6. The van der Waals surface area contributed by atoms with Crippen molar-refractivity contribution in [2.24, 2.45) is 16.6 Å². The Bertz CT molecular complexity index is 870. The van der Waals surface area contributed by atoms with Gasteiger partial charge in [0.1, 0.15) is 6.04 Å². The van der Waals surface area contributed by atoms with Crippen LogP contribution in [0.5, 0.6) is 0 Å². The van der Waals surface area contributed by atoms with Gasteiger partial charge in [-0.25, -0.2) is 0 Å². The van der Waals surface area contributed by atoms with Crippen molar-refractivity contribution in [1.29, 1.82) is 0 Å². The summed E-state index contributed by atoms with van der Waals surface area (Å²) < 4.78 is 39.1. The number of likely N-dealkylation sites (N-methyl/N-ethyl adjacent to an activating group) is 1. The smallest absolute Gasteiger partial charge is 0.370 e. The van der Waals surface area contributed by atoms with Crippen LogP contribution in [0.25, 0.3) is 0 Å². The molecule has 228 valence electrons. The van der Waals surface area contributed by atoms with Gasteiger partial charge in [-0.3, -0.25) is 4.99 Å². The fraction of sp³-hybridized carbons (Fsp3) is 0.606. The van der Waals surface area contributed by atoms with Crippen LogP contribution in [-0.2, 0) is 6.18 Å². The molecule has 2 rings (SSSR count). The summed E-state index contributed by atoms with van der Waals surface area (Å²) in [6.07, 6.45) is 11.7. The van der Waals surface area contributed by atoms with E-state index in [1.165, 1.54) is 31.7 Å². The third kappa shape index (κ3) is 17.5. The molecule has 1 aromatic rings. The minimum atomic E-state index is -4.36. The molecule has 0 saturated carbocycles. The Morgan fingerprint density at radius 2 is 1.80 bits per heavy atom. The van der Waals surface area contributed by atoms with Crippen molar-refractivity contribution >= 4 is 6.21 Å². The van der Waals surface area contributed by atoms with Crippen LogP contribution in [0.3, 0.4) is 0 Å². The zero-order valence-corrected chi connectivity index (χ0v) is 31.0. The second kappa shape index (κ2) is 24.3. The molecule has 0 amide bonds. The van der Waals surface area contributed by atoms with Crippen molar-refractivity contribution < 1.29 is 48.8 Å². The summed E-state index contributed by atoms with van der Waals surface area (Å²) in [6.45, 7) is 20.0. The van der Waals surface area contributed by atoms with Gasteiger partial charge in [0.25, 0.3) is 0 Å². The summed E-state index contributed by atoms with van der Waals surface area (Å²) in [6, 6.07) is 6.39. The van der Waals surface area contributed by atoms with Gasteiger partial charge < -0.3 is 10.2 Å². The minimum absolute atomic E-state index is 0. The Balaban J connectivity index is -0.000000772. The van der Waals surface area contributed by atoms with Gasteiger partial charge >= 0.3 is 6.18 Å². The van der Waals surface area contributed by atoms with Gasteiger partial charge in [0.2, 0.25) is 0 Å². The van der Waals surface area contributed by atoms with E-state index in [9.17, 15) is 13.2 Å². The molecule has 40 heavy (non-hydrogen) atoms. The molecule has 3 unspecified atom stereocenters. The van der Waals surface area contributed by atoms with Crippen molar-refractivity contribution in [2.75, 3.05) is 20.1 Å². The molecule has 7 heteroatoms. The fourth-order valence-corrected chi connectivity index (χ4v) is 4.07. The van der Waals surface area contributed by atoms with Crippen LogP contribution in [0.1, 0.15) is 112 Å². The molecule has 1 aliphatic rings. The molecule has 0 fully saturated rings. The van der Waals surface area contributed by atoms with Gasteiger partial charge in [-0.2, -0.15) is 37.4 Å². The third-order valence-corrected chi connectivity index (χ3v) is 6.42. The van der Waals surface area contributed by atoms with Gasteiger partial charge in [0.15, 0.2) is 0 Å². The zero-order valence-electron chi connectivity index (χ0n) is 26.8. The number of benzene rings is 1. The van der Waals surface area contributed by atoms with Gasteiger partial charge in [0, 0.05) is 61.2 Å². The van der Waals surface area contributed by atoms with E-state index in [1.807, 2.05) is 53.8 Å². The van der Waals surface area contributed by atoms with Crippen LogP contribution in [0.15, 0.2) is 58.9 Å². The summed E-state index contributed by atoms with van der Waals surface area (Å²) in [5.74, 6) is 0.904. The number of nitrogens with two attached hydrogens (primary N) is 1. The average Bonchev–Trinajstić information content (AvgIpc) is 2.91. The molecule has 2 N–H and O–H groups in total. The molecule has 3 nitrogen and oxygen atoms in total. The Labute approximate surface area is 268 Å². The molecule has 0 aliphatic carbocycles. The Morgan fingerprint density at radius 3 is 2.27 bits per heavy atom. The van der Waals surface area contributed by atoms with Gasteiger partial charge in [-0.15, -0.1) is 5.56 Å². The molecule has 0 radical (unpaired) electrons. The normalized spacial score (nSPS) is 21.0. The number of hydrogen-bond donors (Lipinski definition) is 1. The molecule has 0 saturated heterocycles. The van der Waals surface area contributed by atoms with E-state index < -0.39 is 11.7 Å². The first kappa shape index (κ1) is 43.2. The van der Waals surface area contributed by atoms with E-state index in [0.717, 1.165) is 47.8 Å². The standard InChI is InChI=1S/C19H24F3N3.C10H20.2C2H6.U/c1-14-13-24-10-4-11-25(3,12-9-15(2)23)18(14)16-5-7-17(8-6-16)19(20,21)22;1-4-6-7-8-9-10(3)5-2;2*1-2;/h5,7-10,13,18H,4,11-12,23H2,1-3H3;6-7,10H,4-5,8-9H2,1-3H3;2*1-2H3;/b14-13+,15-9+,24-10?;7-6-;;;. The van der Waals surface area contributed by atoms with Crippen LogP contribution in [0.4, 0.5) is 13.2 Å². The predicted molar refractivity (Wildman–Crippen MR) is 165 cm³/mol. The monoisotopic (exact) mass is 789 g/mol. The van der Waals surface area contributed by atoms with E-state index in [4.69, 9.17) is 5.73 Å². The van der Waals surface area contributed by atoms with Crippen LogP contribution < -0.4 is 5.73 Å². The van der Waals surface area contributed by atoms with Crippen LogP contribution >= 0.6 is 0 Å². The van der Waals surface area contributed by atoms with Crippen molar-refractivity contribution in [2.45, 2.75) is 107 Å². The molecule has 3 atom stereocenters. The fourth-order valence-electron chi connectivity index (χ4n) is 4.07. The van der Waals surface area contributed by atoms with E-state index in [0.29, 0.717) is 11.0 Å². The summed E-state index contributed by atoms with van der Waals surface area (Å²) in [5, 5.41) is 0. The molecular weight excluding hydrogens is 733 g/mol. The summed E-state index contributed by atoms with van der Waals surface area (Å²) in [4.78, 5) is 4.27. The molecular formula is C33H56F3N3U. The number of hydrogen-bond acceptors (Lipinski definition) is 2. The first-order chi connectivity index (χ1) is 18.4. The largest absolute Gasteiger partial charge is 0.402 e. The predicted octanol–water partition coefficient (Wildman–Crippen LogP) is 10.1. The van der Waals surface area contributed by atoms with E-state index in [1.54, 1.807) is 6.20 Å². The zero-order chi connectivity index (χ0) is 30.5. The van der Waals surface area contributed by atoms with Crippen molar-refractivity contribution in [3.8, 4) is 0 Å². The Hall–Kier alpha value is -1.29. The number of halogens is 3. The molecule has 0 spiro atoms. The molecule has 1 aliphatic heterocycles. The number of alkyl halides is 3. The second-order valence-corrected chi connectivity index (χ2v) is 9.73. The third-order valence-electron chi connectivity index (χ3n) is 6.42. The van der Waals surface area contributed by atoms with E-state index >= 15 is 0 Å². The quantitative estimate of drug-likeness (QED) is 0.159. The number of aliphatic imine (C=N–C) groups is 1. The first-order valence-corrected chi connectivity index (χ1v) is 14.6. The summed E-state index contributed by atoms with van der Waals surface area (Å²) in [5.41, 5.74) is 7.55. The number of quaternary nitrogens is 1. The minimum Gasteiger partial charge on any atom is -0.402 e. The molecule has 0 bridgehead atoms. The molecule has 0 aromatic heterocycles. The van der Waals surface area contributed by atoms with Crippen LogP contribution in [0.2, 0.25) is 0 Å². The Morgan fingerprint density at radius 1 is 1.18 bits per heavy atom. The molecule has 1 heterocycles. The maximum Gasteiger partial charge on any atom is 0.370 e. The van der Waals surface area contributed by atoms with Crippen molar-refractivity contribution in [3.05, 3.63) is 71.1 Å². The Kier molecular flexibility index (Phi) is 26.3. The van der Waals surface area contributed by atoms with Crippen molar-refractivity contribution in [1.82, 2.24) is 0 Å². The molecule has 1 aromatic carbocycles. The number of nitrogens with zero attached hydrogens (tertiary/aromatic N) is 2. The van der Waals surface area contributed by atoms with Gasteiger partial charge in [0.05, 0.1) is 20.1 Å². The van der Waals surface area contributed by atoms with Crippen LogP contribution in [0, 0.1) is 43.1 Å². The summed E-state index contributed by atoms with van der Waals surface area (Å²) >= 11 is 0.